The van der Waals surface area contributed by atoms with Gasteiger partial charge in [-0.2, -0.15) is 0 Å². The zero-order valence-electron chi connectivity index (χ0n) is 12.9. The van der Waals surface area contributed by atoms with Crippen molar-refractivity contribution < 1.29 is 4.42 Å². The smallest absolute Gasteiger partial charge is 0.159 e. The second-order valence-electron chi connectivity index (χ2n) is 5.47. The van der Waals surface area contributed by atoms with Gasteiger partial charge >= 0.3 is 0 Å². The van der Waals surface area contributed by atoms with Crippen molar-refractivity contribution in [3.05, 3.63) is 71.9 Å². The van der Waals surface area contributed by atoms with Gasteiger partial charge in [-0.05, 0) is 26.1 Å². The zero-order chi connectivity index (χ0) is 15.4. The molecular weight excluding hydrogens is 274 g/mol. The van der Waals surface area contributed by atoms with Gasteiger partial charge < -0.3 is 4.42 Å². The van der Waals surface area contributed by atoms with Crippen LogP contribution in [0.25, 0.3) is 11.4 Å². The van der Waals surface area contributed by atoms with Gasteiger partial charge in [-0.3, -0.25) is 4.90 Å². The molecule has 0 N–H and O–H groups in total. The van der Waals surface area contributed by atoms with Crippen molar-refractivity contribution >= 4 is 0 Å². The number of hydrogen-bond acceptors (Lipinski definition) is 4. The van der Waals surface area contributed by atoms with Gasteiger partial charge in [0.2, 0.25) is 0 Å². The fourth-order valence-electron chi connectivity index (χ4n) is 2.38. The van der Waals surface area contributed by atoms with Gasteiger partial charge in [0.05, 0.1) is 6.54 Å². The molecule has 4 nitrogen and oxygen atoms in total. The summed E-state index contributed by atoms with van der Waals surface area (Å²) >= 11 is 0. The van der Waals surface area contributed by atoms with Gasteiger partial charge in [0, 0.05) is 30.1 Å². The molecule has 0 saturated heterocycles. The van der Waals surface area contributed by atoms with Crippen molar-refractivity contribution in [1.29, 1.82) is 0 Å². The quantitative estimate of drug-likeness (QED) is 0.719. The lowest BCUT2D eigenvalue weighted by Crippen LogP contribution is -2.17. The first-order chi connectivity index (χ1) is 10.7. The molecule has 22 heavy (non-hydrogen) atoms. The Morgan fingerprint density at radius 1 is 0.955 bits per heavy atom. The van der Waals surface area contributed by atoms with Gasteiger partial charge in [0.1, 0.15) is 11.5 Å². The Morgan fingerprint density at radius 3 is 2.32 bits per heavy atom. The molecule has 0 spiro atoms. The highest BCUT2D eigenvalue weighted by molar-refractivity contribution is 5.53. The number of hydrogen-bond donors (Lipinski definition) is 0. The van der Waals surface area contributed by atoms with Crippen LogP contribution < -0.4 is 0 Å². The van der Waals surface area contributed by atoms with Crippen molar-refractivity contribution in [2.45, 2.75) is 20.0 Å². The second kappa shape index (κ2) is 6.54. The summed E-state index contributed by atoms with van der Waals surface area (Å²) in [6, 6.07) is 14.0. The highest BCUT2D eigenvalue weighted by Gasteiger charge is 2.06. The minimum absolute atomic E-state index is 0.758. The van der Waals surface area contributed by atoms with E-state index in [9.17, 15) is 0 Å². The molecule has 0 aliphatic carbocycles. The first-order valence-corrected chi connectivity index (χ1v) is 7.31. The van der Waals surface area contributed by atoms with Crippen LogP contribution in [0.1, 0.15) is 17.1 Å². The molecule has 0 aliphatic rings. The molecule has 0 atom stereocenters. The lowest BCUT2D eigenvalue weighted by atomic mass is 10.2. The summed E-state index contributed by atoms with van der Waals surface area (Å²) in [5.41, 5.74) is 2.12. The van der Waals surface area contributed by atoms with Crippen molar-refractivity contribution in [2.24, 2.45) is 0 Å². The SMILES string of the molecule is Cc1ccc(CN(C)Cc2cnc(-c3ccccc3)nc2)o1. The highest BCUT2D eigenvalue weighted by atomic mass is 16.3. The van der Waals surface area contributed by atoms with E-state index in [1.165, 1.54) is 0 Å². The molecule has 3 aromatic rings. The van der Waals surface area contributed by atoms with Crippen LogP contribution in [0.4, 0.5) is 0 Å². The van der Waals surface area contributed by atoms with Gasteiger partial charge in [-0.15, -0.1) is 0 Å². The number of aryl methyl sites for hydroxylation is 1. The molecule has 0 saturated carbocycles. The van der Waals surface area contributed by atoms with Crippen LogP contribution >= 0.6 is 0 Å². The maximum Gasteiger partial charge on any atom is 0.159 e. The maximum atomic E-state index is 5.60. The Labute approximate surface area is 130 Å². The second-order valence-corrected chi connectivity index (χ2v) is 5.47. The average molecular weight is 293 g/mol. The van der Waals surface area contributed by atoms with Crippen LogP contribution in [-0.4, -0.2) is 21.9 Å². The third kappa shape index (κ3) is 3.59. The lowest BCUT2D eigenvalue weighted by molar-refractivity contribution is 0.284. The molecule has 0 radical (unpaired) electrons. The number of benzene rings is 1. The Bertz CT molecular complexity index is 720. The monoisotopic (exact) mass is 293 g/mol. The van der Waals surface area contributed by atoms with Crippen LogP contribution in [0.2, 0.25) is 0 Å². The van der Waals surface area contributed by atoms with Gasteiger partial charge in [-0.1, -0.05) is 30.3 Å². The fraction of sp³-hybridized carbons (Fsp3) is 0.222. The van der Waals surface area contributed by atoms with E-state index in [0.29, 0.717) is 0 Å². The summed E-state index contributed by atoms with van der Waals surface area (Å²) in [6.45, 7) is 3.52. The van der Waals surface area contributed by atoms with Crippen molar-refractivity contribution in [3.8, 4) is 11.4 Å². The van der Waals surface area contributed by atoms with E-state index in [-0.39, 0.29) is 0 Å². The molecule has 112 valence electrons. The number of furan rings is 1. The summed E-state index contributed by atoms with van der Waals surface area (Å²) in [6.07, 6.45) is 3.78. The van der Waals surface area contributed by atoms with E-state index in [0.717, 1.165) is 41.6 Å². The third-order valence-corrected chi connectivity index (χ3v) is 3.41. The molecule has 0 bridgehead atoms. The molecule has 0 amide bonds. The van der Waals surface area contributed by atoms with Crippen molar-refractivity contribution in [2.75, 3.05) is 7.05 Å². The molecule has 1 aromatic carbocycles. The third-order valence-electron chi connectivity index (χ3n) is 3.41. The highest BCUT2D eigenvalue weighted by Crippen LogP contribution is 2.14. The largest absolute Gasteiger partial charge is 0.465 e. The Balaban J connectivity index is 1.63. The van der Waals surface area contributed by atoms with E-state index in [1.54, 1.807) is 0 Å². The van der Waals surface area contributed by atoms with Crippen LogP contribution in [0.15, 0.2) is 59.3 Å². The topological polar surface area (TPSA) is 42.2 Å². The van der Waals surface area contributed by atoms with Crippen LogP contribution in [-0.2, 0) is 13.1 Å². The molecule has 2 heterocycles. The van der Waals surface area contributed by atoms with E-state index in [4.69, 9.17) is 4.42 Å². The molecule has 2 aromatic heterocycles. The average Bonchev–Trinajstić information content (AvgIpc) is 2.94. The lowest BCUT2D eigenvalue weighted by Gasteiger charge is -2.14. The molecule has 4 heteroatoms. The fourth-order valence-corrected chi connectivity index (χ4v) is 2.38. The Hall–Kier alpha value is -2.46. The molecule has 3 rings (SSSR count). The van der Waals surface area contributed by atoms with E-state index in [2.05, 4.69) is 21.9 Å². The van der Waals surface area contributed by atoms with Crippen LogP contribution in [0.5, 0.6) is 0 Å². The molecular formula is C18H19N3O. The Morgan fingerprint density at radius 2 is 1.68 bits per heavy atom. The zero-order valence-corrected chi connectivity index (χ0v) is 12.9. The summed E-state index contributed by atoms with van der Waals surface area (Å²) in [5.74, 6) is 2.68. The normalized spacial score (nSPS) is 11.0. The maximum absolute atomic E-state index is 5.60. The van der Waals surface area contributed by atoms with Crippen LogP contribution in [0, 0.1) is 6.92 Å². The molecule has 0 aliphatic heterocycles. The Kier molecular flexibility index (Phi) is 4.30. The van der Waals surface area contributed by atoms with E-state index < -0.39 is 0 Å². The minimum atomic E-state index is 0.758. The summed E-state index contributed by atoms with van der Waals surface area (Å²) in [5, 5.41) is 0. The van der Waals surface area contributed by atoms with Crippen molar-refractivity contribution in [1.82, 2.24) is 14.9 Å². The first kappa shape index (κ1) is 14.5. The first-order valence-electron chi connectivity index (χ1n) is 7.31. The summed E-state index contributed by atoms with van der Waals surface area (Å²) in [4.78, 5) is 11.1. The standard InChI is InChI=1S/C18H19N3O/c1-14-8-9-17(22-14)13-21(2)12-15-10-19-18(20-11-15)16-6-4-3-5-7-16/h3-11H,12-13H2,1-2H3. The predicted octanol–water partition coefficient (Wildman–Crippen LogP) is 3.68. The van der Waals surface area contributed by atoms with Gasteiger partial charge in [-0.25, -0.2) is 9.97 Å². The molecule has 0 unspecified atom stereocenters. The predicted molar refractivity (Wildman–Crippen MR) is 86.1 cm³/mol. The van der Waals surface area contributed by atoms with Gasteiger partial charge in [0.25, 0.3) is 0 Å². The number of aromatic nitrogens is 2. The summed E-state index contributed by atoms with van der Waals surface area (Å²) < 4.78 is 5.60. The number of nitrogens with zero attached hydrogens (tertiary/aromatic N) is 3. The minimum Gasteiger partial charge on any atom is -0.465 e. The summed E-state index contributed by atoms with van der Waals surface area (Å²) in [7, 11) is 2.06. The number of rotatable bonds is 5. The van der Waals surface area contributed by atoms with Crippen molar-refractivity contribution in [3.63, 3.8) is 0 Å². The van der Waals surface area contributed by atoms with Gasteiger partial charge in [0.15, 0.2) is 5.82 Å². The molecule has 0 fully saturated rings. The van der Waals surface area contributed by atoms with E-state index >= 15 is 0 Å². The van der Waals surface area contributed by atoms with Crippen LogP contribution in [0.3, 0.4) is 0 Å². The van der Waals surface area contributed by atoms with E-state index in [1.807, 2.05) is 61.8 Å².